The van der Waals surface area contributed by atoms with Crippen molar-refractivity contribution in [2.75, 3.05) is 6.54 Å². The molecule has 84 valence electrons. The molecule has 2 atom stereocenters. The van der Waals surface area contributed by atoms with E-state index >= 15 is 0 Å². The molecule has 0 bridgehead atoms. The molecular weight excluding hydrogens is 170 g/mol. The second-order valence-electron chi connectivity index (χ2n) is 5.83. The quantitative estimate of drug-likeness (QED) is 0.667. The Hall–Kier alpha value is -0.0400. The minimum Gasteiger partial charge on any atom is -0.314 e. The third-order valence-electron chi connectivity index (χ3n) is 3.69. The van der Waals surface area contributed by atoms with Crippen LogP contribution in [0.1, 0.15) is 59.8 Å². The molecule has 1 aliphatic carbocycles. The largest absolute Gasteiger partial charge is 0.314 e. The van der Waals surface area contributed by atoms with Crippen LogP contribution >= 0.6 is 0 Å². The molecule has 1 saturated carbocycles. The average Bonchev–Trinajstić information content (AvgIpc) is 2.29. The van der Waals surface area contributed by atoms with Crippen LogP contribution < -0.4 is 5.32 Å². The molecule has 0 aromatic rings. The Labute approximate surface area is 89.7 Å². The van der Waals surface area contributed by atoms with Crippen LogP contribution in [0.4, 0.5) is 0 Å². The van der Waals surface area contributed by atoms with Crippen molar-refractivity contribution in [2.45, 2.75) is 65.8 Å². The molecule has 0 amide bonds. The Morgan fingerprint density at radius 1 is 1.07 bits per heavy atom. The highest BCUT2D eigenvalue weighted by atomic mass is 14.9. The molecule has 1 N–H and O–H groups in total. The SMILES string of the molecule is CCNC1CCCC(C(C)(C)C)CC1. The standard InChI is InChI=1S/C13H27N/c1-5-14-12-8-6-7-11(9-10-12)13(2,3)4/h11-12,14H,5-10H2,1-4H3. The monoisotopic (exact) mass is 197 g/mol. The fraction of sp³-hybridized carbons (Fsp3) is 1.00. The summed E-state index contributed by atoms with van der Waals surface area (Å²) in [6.45, 7) is 10.5. The van der Waals surface area contributed by atoms with Gasteiger partial charge in [-0.25, -0.2) is 0 Å². The molecule has 0 heterocycles. The van der Waals surface area contributed by atoms with Crippen molar-refractivity contribution < 1.29 is 0 Å². The van der Waals surface area contributed by atoms with Gasteiger partial charge in [-0.2, -0.15) is 0 Å². The first-order valence-electron chi connectivity index (χ1n) is 6.27. The van der Waals surface area contributed by atoms with E-state index in [1.165, 1.54) is 32.1 Å². The average molecular weight is 197 g/mol. The summed E-state index contributed by atoms with van der Waals surface area (Å²) < 4.78 is 0. The molecule has 1 nitrogen and oxygen atoms in total. The number of hydrogen-bond donors (Lipinski definition) is 1. The molecule has 0 aromatic carbocycles. The highest BCUT2D eigenvalue weighted by Gasteiger charge is 2.27. The molecule has 0 aromatic heterocycles. The van der Waals surface area contributed by atoms with Gasteiger partial charge in [0.25, 0.3) is 0 Å². The van der Waals surface area contributed by atoms with Gasteiger partial charge in [0.15, 0.2) is 0 Å². The van der Waals surface area contributed by atoms with E-state index in [4.69, 9.17) is 0 Å². The zero-order valence-corrected chi connectivity index (χ0v) is 10.4. The van der Waals surface area contributed by atoms with Gasteiger partial charge in [0, 0.05) is 6.04 Å². The van der Waals surface area contributed by atoms with Crippen LogP contribution in [0.15, 0.2) is 0 Å². The van der Waals surface area contributed by atoms with Crippen LogP contribution in [-0.2, 0) is 0 Å². The van der Waals surface area contributed by atoms with Gasteiger partial charge >= 0.3 is 0 Å². The Balaban J connectivity index is 2.41. The van der Waals surface area contributed by atoms with Gasteiger partial charge in [0.05, 0.1) is 0 Å². The van der Waals surface area contributed by atoms with E-state index in [-0.39, 0.29) is 0 Å². The molecule has 2 unspecified atom stereocenters. The van der Waals surface area contributed by atoms with Crippen molar-refractivity contribution in [3.8, 4) is 0 Å². The van der Waals surface area contributed by atoms with Gasteiger partial charge in [-0.15, -0.1) is 0 Å². The van der Waals surface area contributed by atoms with Gasteiger partial charge in [0.2, 0.25) is 0 Å². The third-order valence-corrected chi connectivity index (χ3v) is 3.69. The highest BCUT2D eigenvalue weighted by molar-refractivity contribution is 4.80. The van der Waals surface area contributed by atoms with E-state index in [9.17, 15) is 0 Å². The molecule has 0 spiro atoms. The predicted octanol–water partition coefficient (Wildman–Crippen LogP) is 3.59. The maximum Gasteiger partial charge on any atom is 0.00670 e. The van der Waals surface area contributed by atoms with Crippen molar-refractivity contribution in [3.63, 3.8) is 0 Å². The maximum absolute atomic E-state index is 3.60. The first-order valence-corrected chi connectivity index (χ1v) is 6.27. The summed E-state index contributed by atoms with van der Waals surface area (Å²) in [5, 5.41) is 3.60. The van der Waals surface area contributed by atoms with E-state index in [0.29, 0.717) is 5.41 Å². The summed E-state index contributed by atoms with van der Waals surface area (Å²) in [7, 11) is 0. The topological polar surface area (TPSA) is 12.0 Å². The van der Waals surface area contributed by atoms with Gasteiger partial charge in [-0.3, -0.25) is 0 Å². The third kappa shape index (κ3) is 3.61. The van der Waals surface area contributed by atoms with Crippen LogP contribution in [-0.4, -0.2) is 12.6 Å². The van der Waals surface area contributed by atoms with Crippen molar-refractivity contribution in [2.24, 2.45) is 11.3 Å². The Morgan fingerprint density at radius 2 is 1.79 bits per heavy atom. The maximum atomic E-state index is 3.60. The summed E-state index contributed by atoms with van der Waals surface area (Å²) in [6, 6.07) is 0.798. The molecule has 1 fully saturated rings. The second-order valence-corrected chi connectivity index (χ2v) is 5.83. The predicted molar refractivity (Wildman–Crippen MR) is 63.5 cm³/mol. The van der Waals surface area contributed by atoms with E-state index < -0.39 is 0 Å². The molecular formula is C13H27N. The van der Waals surface area contributed by atoms with Gasteiger partial charge in [-0.1, -0.05) is 34.1 Å². The summed E-state index contributed by atoms with van der Waals surface area (Å²) in [5.41, 5.74) is 0.515. The molecule has 0 saturated heterocycles. The molecule has 14 heavy (non-hydrogen) atoms. The lowest BCUT2D eigenvalue weighted by Gasteiger charge is -2.29. The number of nitrogens with one attached hydrogen (secondary N) is 1. The minimum absolute atomic E-state index is 0.515. The first-order chi connectivity index (χ1) is 6.54. The van der Waals surface area contributed by atoms with Crippen molar-refractivity contribution >= 4 is 0 Å². The fourth-order valence-electron chi connectivity index (χ4n) is 2.66. The van der Waals surface area contributed by atoms with E-state index in [1.54, 1.807) is 0 Å². The van der Waals surface area contributed by atoms with Crippen LogP contribution in [0.5, 0.6) is 0 Å². The number of hydrogen-bond acceptors (Lipinski definition) is 1. The Bertz CT molecular complexity index is 157. The van der Waals surface area contributed by atoms with E-state index in [1.807, 2.05) is 0 Å². The summed E-state index contributed by atoms with van der Waals surface area (Å²) in [4.78, 5) is 0. The number of rotatable bonds is 2. The van der Waals surface area contributed by atoms with Crippen LogP contribution in [0.2, 0.25) is 0 Å². The molecule has 1 aliphatic rings. The molecule has 1 rings (SSSR count). The van der Waals surface area contributed by atoms with E-state index in [0.717, 1.165) is 18.5 Å². The van der Waals surface area contributed by atoms with Crippen LogP contribution in [0.25, 0.3) is 0 Å². The zero-order valence-electron chi connectivity index (χ0n) is 10.4. The molecule has 1 heteroatoms. The fourth-order valence-corrected chi connectivity index (χ4v) is 2.66. The lowest BCUT2D eigenvalue weighted by molar-refractivity contribution is 0.213. The Morgan fingerprint density at radius 3 is 2.36 bits per heavy atom. The molecule has 0 radical (unpaired) electrons. The lowest BCUT2D eigenvalue weighted by atomic mass is 9.76. The van der Waals surface area contributed by atoms with Crippen LogP contribution in [0.3, 0.4) is 0 Å². The van der Waals surface area contributed by atoms with Gasteiger partial charge in [0.1, 0.15) is 0 Å². The van der Waals surface area contributed by atoms with Crippen molar-refractivity contribution in [1.29, 1.82) is 0 Å². The second kappa shape index (κ2) is 5.16. The van der Waals surface area contributed by atoms with Crippen molar-refractivity contribution in [3.05, 3.63) is 0 Å². The molecule has 0 aliphatic heterocycles. The van der Waals surface area contributed by atoms with Crippen molar-refractivity contribution in [1.82, 2.24) is 5.32 Å². The zero-order chi connectivity index (χ0) is 10.6. The van der Waals surface area contributed by atoms with Gasteiger partial charge < -0.3 is 5.32 Å². The van der Waals surface area contributed by atoms with Crippen LogP contribution in [0, 0.1) is 11.3 Å². The first kappa shape index (κ1) is 12.0. The lowest BCUT2D eigenvalue weighted by Crippen LogP contribution is -2.28. The summed E-state index contributed by atoms with van der Waals surface area (Å²) in [6.07, 6.45) is 7.04. The van der Waals surface area contributed by atoms with E-state index in [2.05, 4.69) is 33.0 Å². The Kier molecular flexibility index (Phi) is 4.43. The smallest absolute Gasteiger partial charge is 0.00670 e. The summed E-state index contributed by atoms with van der Waals surface area (Å²) >= 11 is 0. The summed E-state index contributed by atoms with van der Waals surface area (Å²) in [5.74, 6) is 0.936. The minimum atomic E-state index is 0.515. The van der Waals surface area contributed by atoms with Gasteiger partial charge in [-0.05, 0) is 43.6 Å². The normalized spacial score (nSPS) is 30.0. The highest BCUT2D eigenvalue weighted by Crippen LogP contribution is 2.36.